The fourth-order valence-electron chi connectivity index (χ4n) is 3.67. The molecule has 1 amide bonds. The number of halogens is 3. The van der Waals surface area contributed by atoms with E-state index >= 15 is 0 Å². The van der Waals surface area contributed by atoms with E-state index in [0.717, 1.165) is 44.9 Å². The van der Waals surface area contributed by atoms with E-state index in [4.69, 9.17) is 0 Å². The number of fused-ring (bicyclic) bond motifs is 1. The zero-order valence-electron chi connectivity index (χ0n) is 18.8. The molecule has 180 valence electrons. The fraction of sp³-hybridized carbons (Fsp3) is 0.0769. The van der Waals surface area contributed by atoms with Crippen LogP contribution in [0.25, 0.3) is 33.5 Å². The molecule has 0 spiro atoms. The summed E-state index contributed by atoms with van der Waals surface area (Å²) in [5, 5.41) is 11.3. The quantitative estimate of drug-likeness (QED) is 0.274. The van der Waals surface area contributed by atoms with Crippen molar-refractivity contribution in [1.29, 1.82) is 0 Å². The van der Waals surface area contributed by atoms with Gasteiger partial charge in [-0.2, -0.15) is 18.3 Å². The number of thiazole rings is 1. The van der Waals surface area contributed by atoms with Crippen molar-refractivity contribution >= 4 is 45.4 Å². The average Bonchev–Trinajstić information content (AvgIpc) is 3.45. The minimum atomic E-state index is -4.53. The molecule has 0 unspecified atom stereocenters. The van der Waals surface area contributed by atoms with E-state index in [2.05, 4.69) is 25.5 Å². The van der Waals surface area contributed by atoms with Crippen molar-refractivity contribution in [2.45, 2.75) is 13.1 Å². The number of nitrogens with zero attached hydrogens (tertiary/aromatic N) is 3. The first-order valence-corrected chi connectivity index (χ1v) is 11.6. The van der Waals surface area contributed by atoms with E-state index in [0.29, 0.717) is 10.8 Å². The monoisotopic (exact) mass is 505 g/mol. The Balaban J connectivity index is 1.37. The van der Waals surface area contributed by atoms with Gasteiger partial charge in [-0.3, -0.25) is 20.2 Å². The van der Waals surface area contributed by atoms with Gasteiger partial charge in [-0.05, 0) is 67.1 Å². The van der Waals surface area contributed by atoms with Gasteiger partial charge in [-0.15, -0.1) is 0 Å². The Hall–Kier alpha value is -4.31. The van der Waals surface area contributed by atoms with Crippen LogP contribution in [0.2, 0.25) is 0 Å². The molecule has 0 fully saturated rings. The van der Waals surface area contributed by atoms with Gasteiger partial charge in [0.15, 0.2) is 5.13 Å². The predicted molar refractivity (Wildman–Crippen MR) is 135 cm³/mol. The Morgan fingerprint density at radius 2 is 1.92 bits per heavy atom. The van der Waals surface area contributed by atoms with Crippen LogP contribution in [-0.4, -0.2) is 26.1 Å². The third kappa shape index (κ3) is 4.89. The summed E-state index contributed by atoms with van der Waals surface area (Å²) in [7, 11) is 0. The molecule has 0 radical (unpaired) electrons. The summed E-state index contributed by atoms with van der Waals surface area (Å²) < 4.78 is 38.9. The van der Waals surface area contributed by atoms with Crippen LogP contribution < -0.4 is 5.32 Å². The molecule has 0 aliphatic heterocycles. The number of aromatic nitrogens is 4. The molecule has 0 atom stereocenters. The summed E-state index contributed by atoms with van der Waals surface area (Å²) in [6.45, 7) is 1.81. The normalized spacial score (nSPS) is 11.9. The van der Waals surface area contributed by atoms with Gasteiger partial charge in [-0.25, -0.2) is 4.98 Å². The number of hydrogen-bond acceptors (Lipinski definition) is 5. The zero-order chi connectivity index (χ0) is 25.3. The van der Waals surface area contributed by atoms with Gasteiger partial charge < -0.3 is 0 Å². The van der Waals surface area contributed by atoms with Crippen molar-refractivity contribution in [3.05, 3.63) is 95.1 Å². The van der Waals surface area contributed by atoms with Gasteiger partial charge in [0.1, 0.15) is 0 Å². The Kier molecular flexibility index (Phi) is 6.11. The molecule has 0 saturated heterocycles. The lowest BCUT2D eigenvalue weighted by atomic mass is 10.1. The van der Waals surface area contributed by atoms with Crippen LogP contribution in [-0.2, 0) is 6.18 Å². The number of carbonyl (C=O) groups excluding carboxylic acids is 1. The molecule has 6 nitrogen and oxygen atoms in total. The van der Waals surface area contributed by atoms with E-state index in [9.17, 15) is 18.0 Å². The molecule has 5 rings (SSSR count). The molecular formula is C26H18F3N5OS. The van der Waals surface area contributed by atoms with Crippen molar-refractivity contribution in [3.63, 3.8) is 0 Å². The minimum absolute atomic E-state index is 0.0932. The average molecular weight is 506 g/mol. The van der Waals surface area contributed by atoms with Crippen molar-refractivity contribution < 1.29 is 18.0 Å². The number of amides is 1. The second-order valence-corrected chi connectivity index (χ2v) is 8.92. The molecule has 36 heavy (non-hydrogen) atoms. The molecule has 10 heteroatoms. The summed E-state index contributed by atoms with van der Waals surface area (Å²) in [4.78, 5) is 22.0. The third-order valence-electron chi connectivity index (χ3n) is 5.42. The van der Waals surface area contributed by atoms with Crippen LogP contribution in [0.3, 0.4) is 0 Å². The van der Waals surface area contributed by atoms with E-state index in [1.54, 1.807) is 6.20 Å². The van der Waals surface area contributed by atoms with Gasteiger partial charge in [0.05, 0.1) is 33.0 Å². The predicted octanol–water partition coefficient (Wildman–Crippen LogP) is 6.83. The molecule has 2 N–H and O–H groups in total. The number of pyridine rings is 1. The molecule has 2 aromatic carbocycles. The molecule has 0 bridgehead atoms. The Labute approximate surface area is 207 Å². The van der Waals surface area contributed by atoms with Crippen LogP contribution >= 0.6 is 11.3 Å². The molecule has 0 aliphatic carbocycles. The van der Waals surface area contributed by atoms with Crippen LogP contribution in [0.1, 0.15) is 33.0 Å². The molecule has 3 aromatic heterocycles. The van der Waals surface area contributed by atoms with Crippen LogP contribution in [0.4, 0.5) is 18.3 Å². The summed E-state index contributed by atoms with van der Waals surface area (Å²) in [6.07, 6.45) is 0.972. The number of aryl methyl sites for hydroxylation is 1. The molecule has 0 aliphatic rings. The lowest BCUT2D eigenvalue weighted by molar-refractivity contribution is -0.137. The van der Waals surface area contributed by atoms with Gasteiger partial charge in [0.2, 0.25) is 0 Å². The lowest BCUT2D eigenvalue weighted by Crippen LogP contribution is -2.13. The summed E-state index contributed by atoms with van der Waals surface area (Å²) in [5.41, 5.74) is 3.02. The first-order chi connectivity index (χ1) is 17.3. The number of carbonyl (C=O) groups is 1. The van der Waals surface area contributed by atoms with Gasteiger partial charge in [0.25, 0.3) is 5.91 Å². The first kappa shape index (κ1) is 23.4. The topological polar surface area (TPSA) is 83.6 Å². The highest BCUT2D eigenvalue weighted by molar-refractivity contribution is 7.19. The second-order valence-electron chi connectivity index (χ2n) is 7.92. The fourth-order valence-corrected chi connectivity index (χ4v) is 4.63. The Morgan fingerprint density at radius 1 is 1.06 bits per heavy atom. The number of anilines is 1. The van der Waals surface area contributed by atoms with Gasteiger partial charge in [-0.1, -0.05) is 29.5 Å². The van der Waals surface area contributed by atoms with Crippen LogP contribution in [0.15, 0.2) is 66.9 Å². The standard InChI is InChI=1S/C26H18F3N5OS/c1-15-23(36-25(31-15)32-24(35)17-5-4-6-18(13-17)26(27,28)29)16-8-10-20-21(33-34-22(20)14-16)11-9-19-7-2-3-12-30-19/h2-14H,1H3,(H,33,34)(H,31,32,35). The maximum atomic E-state index is 13.0. The Bertz CT molecular complexity index is 1590. The maximum absolute atomic E-state index is 13.0. The number of benzene rings is 2. The molecule has 3 heterocycles. The SMILES string of the molecule is Cc1nc(NC(=O)c2cccc(C(F)(F)F)c2)sc1-c1ccc2c(C=Cc3ccccn3)n[nH]c2c1. The smallest absolute Gasteiger partial charge is 0.298 e. The van der Waals surface area contributed by atoms with E-state index in [1.165, 1.54) is 23.5 Å². The van der Waals surface area contributed by atoms with Crippen molar-refractivity contribution in [2.75, 3.05) is 5.32 Å². The van der Waals surface area contributed by atoms with E-state index in [1.807, 2.05) is 55.5 Å². The number of H-pyrrole nitrogens is 1. The van der Waals surface area contributed by atoms with Crippen molar-refractivity contribution in [3.8, 4) is 10.4 Å². The second kappa shape index (κ2) is 9.38. The first-order valence-electron chi connectivity index (χ1n) is 10.8. The number of alkyl halides is 3. The zero-order valence-corrected chi connectivity index (χ0v) is 19.6. The number of nitrogens with one attached hydrogen (secondary N) is 2. The summed E-state index contributed by atoms with van der Waals surface area (Å²) in [6, 6.07) is 15.8. The van der Waals surface area contributed by atoms with Gasteiger partial charge >= 0.3 is 6.18 Å². The number of rotatable bonds is 5. The number of aromatic amines is 1. The molecule has 5 aromatic rings. The van der Waals surface area contributed by atoms with E-state index < -0.39 is 17.6 Å². The highest BCUT2D eigenvalue weighted by Gasteiger charge is 2.31. The van der Waals surface area contributed by atoms with Gasteiger partial charge in [0, 0.05) is 17.1 Å². The van der Waals surface area contributed by atoms with Crippen molar-refractivity contribution in [2.24, 2.45) is 0 Å². The molecular weight excluding hydrogens is 487 g/mol. The van der Waals surface area contributed by atoms with Crippen molar-refractivity contribution in [1.82, 2.24) is 20.2 Å². The highest BCUT2D eigenvalue weighted by atomic mass is 32.1. The summed E-state index contributed by atoms with van der Waals surface area (Å²) in [5.74, 6) is -0.658. The number of hydrogen-bond donors (Lipinski definition) is 2. The molecule has 0 saturated carbocycles. The largest absolute Gasteiger partial charge is 0.416 e. The lowest BCUT2D eigenvalue weighted by Gasteiger charge is -2.08. The van der Waals surface area contributed by atoms with E-state index in [-0.39, 0.29) is 5.56 Å². The minimum Gasteiger partial charge on any atom is -0.298 e. The summed E-state index contributed by atoms with van der Waals surface area (Å²) >= 11 is 1.25. The third-order valence-corrected chi connectivity index (χ3v) is 6.55. The van der Waals surface area contributed by atoms with Crippen LogP contribution in [0.5, 0.6) is 0 Å². The Morgan fingerprint density at radius 3 is 2.69 bits per heavy atom. The highest BCUT2D eigenvalue weighted by Crippen LogP contribution is 2.35. The maximum Gasteiger partial charge on any atom is 0.416 e. The van der Waals surface area contributed by atoms with Crippen LogP contribution in [0, 0.1) is 6.92 Å².